The number of rotatable bonds is 0. The van der Waals surface area contributed by atoms with Crippen LogP contribution < -0.4 is 0 Å². The SMILES string of the molecule is CN1CCS/C1=N\C(=O)/N=C1/SCCN1C. The molecule has 0 aromatic heterocycles. The van der Waals surface area contributed by atoms with Crippen molar-refractivity contribution in [2.45, 2.75) is 0 Å². The summed E-state index contributed by atoms with van der Waals surface area (Å²) in [5.74, 6) is 1.99. The van der Waals surface area contributed by atoms with Crippen LogP contribution in [0.1, 0.15) is 0 Å². The third-order valence-electron chi connectivity index (χ3n) is 2.35. The first-order valence-electron chi connectivity index (χ1n) is 5.06. The summed E-state index contributed by atoms with van der Waals surface area (Å²) < 4.78 is 0. The van der Waals surface area contributed by atoms with Crippen molar-refractivity contribution in [1.29, 1.82) is 0 Å². The Bertz CT molecular complexity index is 323. The summed E-state index contributed by atoms with van der Waals surface area (Å²) in [6.45, 7) is 1.89. The molecule has 0 spiro atoms. The quantitative estimate of drug-likeness (QED) is 0.653. The molecule has 2 saturated heterocycles. The van der Waals surface area contributed by atoms with E-state index in [9.17, 15) is 4.79 Å². The minimum absolute atomic E-state index is 0.396. The Kier molecular flexibility index (Phi) is 3.75. The molecule has 0 aliphatic carbocycles. The lowest BCUT2D eigenvalue weighted by molar-refractivity contribution is 0.256. The van der Waals surface area contributed by atoms with Crippen LogP contribution in [0.25, 0.3) is 0 Å². The molecule has 2 aliphatic rings. The van der Waals surface area contributed by atoms with Crippen LogP contribution in [0.15, 0.2) is 9.98 Å². The summed E-state index contributed by atoms with van der Waals surface area (Å²) in [5.41, 5.74) is 0. The van der Waals surface area contributed by atoms with Gasteiger partial charge in [0.1, 0.15) is 0 Å². The molecule has 7 heteroatoms. The van der Waals surface area contributed by atoms with Gasteiger partial charge in [0.05, 0.1) is 0 Å². The molecule has 2 heterocycles. The summed E-state index contributed by atoms with van der Waals surface area (Å²) in [6, 6.07) is -0.396. The van der Waals surface area contributed by atoms with Crippen LogP contribution in [0.4, 0.5) is 4.79 Å². The number of aliphatic imine (C=N–C) groups is 2. The first kappa shape index (κ1) is 11.8. The Balaban J connectivity index is 2.03. The number of carbonyl (C=O) groups excluding carboxylic acids is 1. The molecule has 2 fully saturated rings. The highest BCUT2D eigenvalue weighted by atomic mass is 32.2. The largest absolute Gasteiger partial charge is 0.371 e. The number of urea groups is 1. The number of carbonyl (C=O) groups is 1. The van der Waals surface area contributed by atoms with Crippen LogP contribution >= 0.6 is 23.5 Å². The lowest BCUT2D eigenvalue weighted by Crippen LogP contribution is -2.21. The number of nitrogens with zero attached hydrogens (tertiary/aromatic N) is 4. The second kappa shape index (κ2) is 5.09. The van der Waals surface area contributed by atoms with Crippen LogP contribution in [0.2, 0.25) is 0 Å². The molecule has 0 saturated carbocycles. The Morgan fingerprint density at radius 3 is 1.81 bits per heavy atom. The fourth-order valence-electron chi connectivity index (χ4n) is 1.38. The zero-order chi connectivity index (χ0) is 11.5. The Labute approximate surface area is 103 Å². The van der Waals surface area contributed by atoms with Gasteiger partial charge in [0, 0.05) is 38.7 Å². The van der Waals surface area contributed by atoms with E-state index in [2.05, 4.69) is 9.98 Å². The van der Waals surface area contributed by atoms with E-state index in [-0.39, 0.29) is 0 Å². The van der Waals surface area contributed by atoms with Gasteiger partial charge in [0.15, 0.2) is 10.3 Å². The maximum atomic E-state index is 11.6. The van der Waals surface area contributed by atoms with Gasteiger partial charge in [-0.05, 0) is 0 Å². The Morgan fingerprint density at radius 2 is 1.50 bits per heavy atom. The first-order valence-corrected chi connectivity index (χ1v) is 7.03. The number of thioether (sulfide) groups is 2. The van der Waals surface area contributed by atoms with Crippen molar-refractivity contribution in [3.8, 4) is 0 Å². The van der Waals surface area contributed by atoms with Crippen molar-refractivity contribution in [2.75, 3.05) is 38.7 Å². The number of amides is 2. The lowest BCUT2D eigenvalue weighted by atomic mass is 10.7. The zero-order valence-electron chi connectivity index (χ0n) is 9.34. The molecule has 0 bridgehead atoms. The molecule has 0 radical (unpaired) electrons. The summed E-state index contributed by atoms with van der Waals surface area (Å²) in [4.78, 5) is 23.5. The van der Waals surface area contributed by atoms with Crippen molar-refractivity contribution in [1.82, 2.24) is 9.80 Å². The van der Waals surface area contributed by atoms with Gasteiger partial charge in [-0.2, -0.15) is 9.98 Å². The van der Waals surface area contributed by atoms with Gasteiger partial charge in [0.2, 0.25) is 0 Å². The second-order valence-electron chi connectivity index (χ2n) is 3.61. The Hall–Kier alpha value is -0.690. The predicted molar refractivity (Wildman–Crippen MR) is 70.4 cm³/mol. The molecular weight excluding hydrogens is 244 g/mol. The first-order chi connectivity index (χ1) is 7.66. The van der Waals surface area contributed by atoms with E-state index in [1.165, 1.54) is 0 Å². The minimum Gasteiger partial charge on any atom is -0.353 e. The molecule has 2 rings (SSSR count). The molecule has 0 atom stereocenters. The summed E-state index contributed by atoms with van der Waals surface area (Å²) >= 11 is 3.21. The average molecular weight is 258 g/mol. The van der Waals surface area contributed by atoms with Gasteiger partial charge < -0.3 is 9.80 Å². The number of hydrogen-bond donors (Lipinski definition) is 0. The predicted octanol–water partition coefficient (Wildman–Crippen LogP) is 1.18. The standard InChI is InChI=1S/C9H14N4OS2/c1-12-3-5-15-8(12)10-7(14)11-9-13(2)4-6-16-9/h3-6H2,1-2H3/b10-8-,11-9+. The van der Waals surface area contributed by atoms with Gasteiger partial charge in [-0.25, -0.2) is 4.79 Å². The fraction of sp³-hybridized carbons (Fsp3) is 0.667. The van der Waals surface area contributed by atoms with Crippen LogP contribution in [-0.4, -0.2) is 64.9 Å². The van der Waals surface area contributed by atoms with Gasteiger partial charge in [-0.1, -0.05) is 23.5 Å². The molecule has 2 amide bonds. The van der Waals surface area contributed by atoms with E-state index in [0.29, 0.717) is 0 Å². The van der Waals surface area contributed by atoms with E-state index < -0.39 is 6.03 Å². The van der Waals surface area contributed by atoms with E-state index >= 15 is 0 Å². The molecule has 88 valence electrons. The topological polar surface area (TPSA) is 48.3 Å². The van der Waals surface area contributed by atoms with Gasteiger partial charge in [-0.3, -0.25) is 0 Å². The van der Waals surface area contributed by atoms with Crippen molar-refractivity contribution in [2.24, 2.45) is 9.98 Å². The number of hydrogen-bond acceptors (Lipinski definition) is 3. The summed E-state index contributed by atoms with van der Waals surface area (Å²) in [7, 11) is 3.88. The van der Waals surface area contributed by atoms with Crippen molar-refractivity contribution < 1.29 is 4.79 Å². The van der Waals surface area contributed by atoms with Gasteiger partial charge in [-0.15, -0.1) is 0 Å². The van der Waals surface area contributed by atoms with Crippen molar-refractivity contribution in [3.05, 3.63) is 0 Å². The Morgan fingerprint density at radius 1 is 1.06 bits per heavy atom. The third kappa shape index (κ3) is 2.70. The monoisotopic (exact) mass is 258 g/mol. The molecule has 0 aromatic rings. The summed E-state index contributed by atoms with van der Waals surface area (Å²) in [5, 5.41) is 1.56. The normalized spacial score (nSPS) is 26.1. The van der Waals surface area contributed by atoms with Crippen LogP contribution in [0.5, 0.6) is 0 Å². The molecule has 0 unspecified atom stereocenters. The van der Waals surface area contributed by atoms with E-state index in [4.69, 9.17) is 0 Å². The van der Waals surface area contributed by atoms with Gasteiger partial charge >= 0.3 is 6.03 Å². The maximum absolute atomic E-state index is 11.6. The van der Waals surface area contributed by atoms with E-state index in [1.54, 1.807) is 23.5 Å². The van der Waals surface area contributed by atoms with Gasteiger partial charge in [0.25, 0.3) is 0 Å². The van der Waals surface area contributed by atoms with Crippen molar-refractivity contribution in [3.63, 3.8) is 0 Å². The smallest absolute Gasteiger partial charge is 0.353 e. The third-order valence-corrected chi connectivity index (χ3v) is 4.45. The highest BCUT2D eigenvalue weighted by molar-refractivity contribution is 8.14. The minimum atomic E-state index is -0.396. The average Bonchev–Trinajstić information content (AvgIpc) is 2.79. The molecule has 16 heavy (non-hydrogen) atoms. The highest BCUT2D eigenvalue weighted by Crippen LogP contribution is 2.18. The summed E-state index contributed by atoms with van der Waals surface area (Å²) in [6.07, 6.45) is 0. The second-order valence-corrected chi connectivity index (χ2v) is 5.74. The van der Waals surface area contributed by atoms with Crippen LogP contribution in [-0.2, 0) is 0 Å². The van der Waals surface area contributed by atoms with E-state index in [1.807, 2.05) is 23.9 Å². The lowest BCUT2D eigenvalue weighted by Gasteiger charge is -2.09. The number of amidine groups is 2. The highest BCUT2D eigenvalue weighted by Gasteiger charge is 2.19. The van der Waals surface area contributed by atoms with E-state index in [0.717, 1.165) is 34.9 Å². The molecule has 0 aromatic carbocycles. The van der Waals surface area contributed by atoms with Crippen LogP contribution in [0, 0.1) is 0 Å². The molecule has 5 nitrogen and oxygen atoms in total. The zero-order valence-corrected chi connectivity index (χ0v) is 11.0. The molecule has 0 N–H and O–H groups in total. The van der Waals surface area contributed by atoms with Crippen LogP contribution in [0.3, 0.4) is 0 Å². The fourth-order valence-corrected chi connectivity index (χ4v) is 3.39. The van der Waals surface area contributed by atoms with Crippen molar-refractivity contribution >= 4 is 39.9 Å². The molecule has 2 aliphatic heterocycles. The molecular formula is C9H14N4OS2. The maximum Gasteiger partial charge on any atom is 0.371 e.